The van der Waals surface area contributed by atoms with Crippen molar-refractivity contribution in [2.24, 2.45) is 0 Å². The van der Waals surface area contributed by atoms with Gasteiger partial charge in [-0.15, -0.1) is 0 Å². The standard InChI is InChI=1S/C13H15NO3/c1-10-3-5-11(6-4-10)7-8-12(15)14(2)9-13(16)17/h3-8H,9H2,1-2H3,(H,16,17)/b8-7+. The molecule has 0 atom stereocenters. The Balaban J connectivity index is 2.61. The smallest absolute Gasteiger partial charge is 0.323 e. The Bertz CT molecular complexity index is 434. The first-order valence-corrected chi connectivity index (χ1v) is 5.20. The summed E-state index contributed by atoms with van der Waals surface area (Å²) >= 11 is 0. The van der Waals surface area contributed by atoms with E-state index in [0.717, 1.165) is 16.0 Å². The van der Waals surface area contributed by atoms with Crippen molar-refractivity contribution in [3.05, 3.63) is 41.5 Å². The van der Waals surface area contributed by atoms with Crippen molar-refractivity contribution in [3.8, 4) is 0 Å². The molecule has 1 aromatic rings. The average Bonchev–Trinajstić information content (AvgIpc) is 2.27. The van der Waals surface area contributed by atoms with Gasteiger partial charge in [0.05, 0.1) is 0 Å². The lowest BCUT2D eigenvalue weighted by molar-refractivity contribution is -0.141. The van der Waals surface area contributed by atoms with Crippen LogP contribution in [0.1, 0.15) is 11.1 Å². The molecule has 90 valence electrons. The monoisotopic (exact) mass is 233 g/mol. The first kappa shape index (κ1) is 13.0. The Morgan fingerprint density at radius 1 is 1.29 bits per heavy atom. The van der Waals surface area contributed by atoms with Gasteiger partial charge in [0.15, 0.2) is 0 Å². The zero-order valence-electron chi connectivity index (χ0n) is 9.88. The Morgan fingerprint density at radius 3 is 2.41 bits per heavy atom. The van der Waals surface area contributed by atoms with Gasteiger partial charge in [-0.2, -0.15) is 0 Å². The number of likely N-dealkylation sites (N-methyl/N-ethyl adjacent to an activating group) is 1. The highest BCUT2D eigenvalue weighted by atomic mass is 16.4. The number of aliphatic carboxylic acids is 1. The highest BCUT2D eigenvalue weighted by molar-refractivity contribution is 5.93. The van der Waals surface area contributed by atoms with Crippen LogP contribution in [0.2, 0.25) is 0 Å². The number of aryl methyl sites for hydroxylation is 1. The maximum atomic E-state index is 11.5. The highest BCUT2D eigenvalue weighted by Crippen LogP contribution is 2.05. The molecular formula is C13H15NO3. The number of carbonyl (C=O) groups is 2. The van der Waals surface area contributed by atoms with Crippen molar-refractivity contribution in [3.63, 3.8) is 0 Å². The van der Waals surface area contributed by atoms with E-state index in [4.69, 9.17) is 5.11 Å². The number of rotatable bonds is 4. The fraction of sp³-hybridized carbons (Fsp3) is 0.231. The van der Waals surface area contributed by atoms with Crippen LogP contribution in [0.5, 0.6) is 0 Å². The summed E-state index contributed by atoms with van der Waals surface area (Å²) < 4.78 is 0. The summed E-state index contributed by atoms with van der Waals surface area (Å²) in [4.78, 5) is 23.0. The molecule has 1 N–H and O–H groups in total. The van der Waals surface area contributed by atoms with Gasteiger partial charge in [0.25, 0.3) is 0 Å². The van der Waals surface area contributed by atoms with Gasteiger partial charge in [0.1, 0.15) is 6.54 Å². The third-order valence-electron chi connectivity index (χ3n) is 2.24. The van der Waals surface area contributed by atoms with Gasteiger partial charge < -0.3 is 10.0 Å². The Hall–Kier alpha value is -2.10. The van der Waals surface area contributed by atoms with E-state index in [1.807, 2.05) is 31.2 Å². The van der Waals surface area contributed by atoms with Gasteiger partial charge in [-0.3, -0.25) is 9.59 Å². The minimum atomic E-state index is -1.02. The molecule has 0 aliphatic heterocycles. The number of amides is 1. The van der Waals surface area contributed by atoms with Gasteiger partial charge in [-0.05, 0) is 18.6 Å². The fourth-order valence-corrected chi connectivity index (χ4v) is 1.25. The molecule has 4 heteroatoms. The first-order valence-electron chi connectivity index (χ1n) is 5.20. The fourth-order valence-electron chi connectivity index (χ4n) is 1.25. The van der Waals surface area contributed by atoms with Crippen molar-refractivity contribution in [2.75, 3.05) is 13.6 Å². The topological polar surface area (TPSA) is 57.6 Å². The van der Waals surface area contributed by atoms with E-state index in [1.54, 1.807) is 6.08 Å². The number of benzene rings is 1. The van der Waals surface area contributed by atoms with Crippen molar-refractivity contribution in [1.29, 1.82) is 0 Å². The molecular weight excluding hydrogens is 218 g/mol. The highest BCUT2D eigenvalue weighted by Gasteiger charge is 2.08. The molecule has 1 rings (SSSR count). The van der Waals surface area contributed by atoms with E-state index in [1.165, 1.54) is 13.1 Å². The summed E-state index contributed by atoms with van der Waals surface area (Å²) in [7, 11) is 1.45. The summed E-state index contributed by atoms with van der Waals surface area (Å²) in [6.45, 7) is 1.69. The SMILES string of the molecule is Cc1ccc(/C=C/C(=O)N(C)CC(=O)O)cc1. The third kappa shape index (κ3) is 4.51. The zero-order valence-corrected chi connectivity index (χ0v) is 9.88. The van der Waals surface area contributed by atoms with E-state index in [2.05, 4.69) is 0 Å². The Morgan fingerprint density at radius 2 is 1.88 bits per heavy atom. The molecule has 0 spiro atoms. The summed E-state index contributed by atoms with van der Waals surface area (Å²) in [5.41, 5.74) is 2.06. The largest absolute Gasteiger partial charge is 0.480 e. The summed E-state index contributed by atoms with van der Waals surface area (Å²) in [5, 5.41) is 8.53. The van der Waals surface area contributed by atoms with Crippen LogP contribution in [0, 0.1) is 6.92 Å². The predicted octanol–water partition coefficient (Wildman–Crippen LogP) is 1.55. The van der Waals surface area contributed by atoms with Crippen molar-refractivity contribution >= 4 is 18.0 Å². The summed E-state index contributed by atoms with van der Waals surface area (Å²) in [6, 6.07) is 7.70. The lowest BCUT2D eigenvalue weighted by Gasteiger charge is -2.11. The Labute approximate surface area is 100 Å². The number of carboxylic acid groups (broad SMARTS) is 1. The molecule has 17 heavy (non-hydrogen) atoms. The van der Waals surface area contributed by atoms with Crippen LogP contribution in [0.15, 0.2) is 30.3 Å². The van der Waals surface area contributed by atoms with Crippen molar-refractivity contribution in [1.82, 2.24) is 4.90 Å². The lowest BCUT2D eigenvalue weighted by Crippen LogP contribution is -2.30. The van der Waals surface area contributed by atoms with Gasteiger partial charge >= 0.3 is 5.97 Å². The lowest BCUT2D eigenvalue weighted by atomic mass is 10.1. The van der Waals surface area contributed by atoms with Gasteiger partial charge in [0, 0.05) is 13.1 Å². The van der Waals surface area contributed by atoms with Crippen LogP contribution in [-0.4, -0.2) is 35.5 Å². The van der Waals surface area contributed by atoms with Crippen LogP contribution in [0.3, 0.4) is 0 Å². The van der Waals surface area contributed by atoms with Crippen molar-refractivity contribution in [2.45, 2.75) is 6.92 Å². The molecule has 0 heterocycles. The normalized spacial score (nSPS) is 10.5. The maximum absolute atomic E-state index is 11.5. The molecule has 0 saturated carbocycles. The second kappa shape index (κ2) is 5.84. The van der Waals surface area contributed by atoms with E-state index in [-0.39, 0.29) is 12.5 Å². The van der Waals surface area contributed by atoms with Gasteiger partial charge in [-0.25, -0.2) is 0 Å². The molecule has 0 radical (unpaired) electrons. The first-order chi connectivity index (χ1) is 7.99. The molecule has 1 aromatic carbocycles. The summed E-state index contributed by atoms with van der Waals surface area (Å²) in [6.07, 6.45) is 3.04. The molecule has 0 saturated heterocycles. The predicted molar refractivity (Wildman–Crippen MR) is 65.5 cm³/mol. The third-order valence-corrected chi connectivity index (χ3v) is 2.24. The molecule has 0 aromatic heterocycles. The van der Waals surface area contributed by atoms with E-state index >= 15 is 0 Å². The molecule has 0 aliphatic rings. The molecule has 0 unspecified atom stereocenters. The van der Waals surface area contributed by atoms with Crippen molar-refractivity contribution < 1.29 is 14.7 Å². The number of carboxylic acids is 1. The molecule has 1 amide bonds. The zero-order chi connectivity index (χ0) is 12.8. The maximum Gasteiger partial charge on any atom is 0.323 e. The number of nitrogens with zero attached hydrogens (tertiary/aromatic N) is 1. The molecule has 0 aliphatic carbocycles. The van der Waals surface area contributed by atoms with Gasteiger partial charge in [-0.1, -0.05) is 29.8 Å². The molecule has 4 nitrogen and oxygen atoms in total. The van der Waals surface area contributed by atoms with Crippen LogP contribution >= 0.6 is 0 Å². The summed E-state index contributed by atoms with van der Waals surface area (Å²) in [5.74, 6) is -1.35. The quantitative estimate of drug-likeness (QED) is 0.803. The second-order valence-electron chi connectivity index (χ2n) is 3.83. The van der Waals surface area contributed by atoms with E-state index < -0.39 is 5.97 Å². The van der Waals surface area contributed by atoms with E-state index in [9.17, 15) is 9.59 Å². The van der Waals surface area contributed by atoms with Crippen LogP contribution in [0.4, 0.5) is 0 Å². The second-order valence-corrected chi connectivity index (χ2v) is 3.83. The number of hydrogen-bond acceptors (Lipinski definition) is 2. The molecule has 0 fully saturated rings. The van der Waals surface area contributed by atoms with E-state index in [0.29, 0.717) is 0 Å². The molecule has 0 bridgehead atoms. The minimum absolute atomic E-state index is 0.295. The van der Waals surface area contributed by atoms with Crippen LogP contribution in [-0.2, 0) is 9.59 Å². The van der Waals surface area contributed by atoms with Crippen LogP contribution < -0.4 is 0 Å². The number of hydrogen-bond donors (Lipinski definition) is 1. The Kier molecular flexibility index (Phi) is 4.46. The average molecular weight is 233 g/mol. The minimum Gasteiger partial charge on any atom is -0.480 e. The van der Waals surface area contributed by atoms with Gasteiger partial charge in [0.2, 0.25) is 5.91 Å². The van der Waals surface area contributed by atoms with Crippen LogP contribution in [0.25, 0.3) is 6.08 Å². The number of carbonyl (C=O) groups excluding carboxylic acids is 1.